The number of amides is 2. The van der Waals surface area contributed by atoms with Gasteiger partial charge in [0.05, 0.1) is 6.04 Å². The Morgan fingerprint density at radius 3 is 2.25 bits per heavy atom. The van der Waals surface area contributed by atoms with Crippen LogP contribution in [0.3, 0.4) is 0 Å². The van der Waals surface area contributed by atoms with Gasteiger partial charge in [0.2, 0.25) is 11.8 Å². The van der Waals surface area contributed by atoms with Crippen LogP contribution in [0.1, 0.15) is 31.9 Å². The van der Waals surface area contributed by atoms with Gasteiger partial charge in [0.15, 0.2) is 0 Å². The maximum absolute atomic E-state index is 11.8. The molecule has 0 heterocycles. The molecule has 2 aromatic carbocycles. The van der Waals surface area contributed by atoms with E-state index >= 15 is 0 Å². The Kier molecular flexibility index (Phi) is 6.37. The van der Waals surface area contributed by atoms with Gasteiger partial charge >= 0.3 is 0 Å². The molecule has 24 heavy (non-hydrogen) atoms. The van der Waals surface area contributed by atoms with Crippen LogP contribution >= 0.6 is 0 Å². The van der Waals surface area contributed by atoms with E-state index in [9.17, 15) is 9.59 Å². The van der Waals surface area contributed by atoms with Crippen molar-refractivity contribution in [2.75, 3.05) is 6.54 Å². The number of carbonyl (C=O) groups excluding carboxylic acids is 2. The number of nitrogens with one attached hydrogen (secondary N) is 2. The molecule has 0 unspecified atom stereocenters. The van der Waals surface area contributed by atoms with Crippen LogP contribution in [0.5, 0.6) is 11.5 Å². The number of hydrogen-bond acceptors (Lipinski definition) is 3. The van der Waals surface area contributed by atoms with E-state index in [-0.39, 0.29) is 24.3 Å². The summed E-state index contributed by atoms with van der Waals surface area (Å²) in [6, 6.07) is 17.1. The van der Waals surface area contributed by atoms with Crippen LogP contribution in [0.25, 0.3) is 0 Å². The lowest BCUT2D eigenvalue weighted by molar-refractivity contribution is -0.122. The molecule has 0 aliphatic rings. The lowest BCUT2D eigenvalue weighted by Crippen LogP contribution is -2.31. The Bertz CT molecular complexity index is 669. The number of para-hydroxylation sites is 1. The highest BCUT2D eigenvalue weighted by Gasteiger charge is 2.10. The second-order valence-corrected chi connectivity index (χ2v) is 5.51. The van der Waals surface area contributed by atoms with E-state index in [0.29, 0.717) is 6.54 Å². The second-order valence-electron chi connectivity index (χ2n) is 5.51. The molecule has 5 heteroatoms. The molecule has 0 fully saturated rings. The summed E-state index contributed by atoms with van der Waals surface area (Å²) in [4.78, 5) is 22.6. The largest absolute Gasteiger partial charge is 0.457 e. The highest BCUT2D eigenvalue weighted by atomic mass is 16.5. The van der Waals surface area contributed by atoms with E-state index in [1.54, 1.807) is 0 Å². The van der Waals surface area contributed by atoms with Crippen LogP contribution in [-0.4, -0.2) is 18.4 Å². The van der Waals surface area contributed by atoms with Crippen molar-refractivity contribution in [1.82, 2.24) is 10.6 Å². The lowest BCUT2D eigenvalue weighted by Gasteiger charge is -2.15. The second kappa shape index (κ2) is 8.72. The molecule has 2 N–H and O–H groups in total. The zero-order chi connectivity index (χ0) is 17.4. The first-order valence-corrected chi connectivity index (χ1v) is 7.91. The number of rotatable bonds is 7. The van der Waals surface area contributed by atoms with Gasteiger partial charge in [0.25, 0.3) is 0 Å². The summed E-state index contributed by atoms with van der Waals surface area (Å²) in [5, 5.41) is 5.51. The first-order valence-electron chi connectivity index (χ1n) is 7.91. The molecule has 0 spiro atoms. The van der Waals surface area contributed by atoms with Crippen molar-refractivity contribution in [3.63, 3.8) is 0 Å². The molecule has 0 aromatic heterocycles. The van der Waals surface area contributed by atoms with E-state index < -0.39 is 0 Å². The third-order valence-electron chi connectivity index (χ3n) is 3.46. The smallest absolute Gasteiger partial charge is 0.222 e. The number of ether oxygens (including phenoxy) is 1. The molecular weight excluding hydrogens is 304 g/mol. The van der Waals surface area contributed by atoms with Crippen LogP contribution in [0.4, 0.5) is 0 Å². The topological polar surface area (TPSA) is 67.4 Å². The molecule has 0 saturated carbocycles. The molecule has 0 aliphatic carbocycles. The molecule has 0 bridgehead atoms. The van der Waals surface area contributed by atoms with Crippen molar-refractivity contribution in [2.45, 2.75) is 26.3 Å². The SMILES string of the molecule is CC(=O)NCCC(=O)N[C@@H](C)c1ccc(Oc2ccccc2)cc1. The lowest BCUT2D eigenvalue weighted by atomic mass is 10.1. The van der Waals surface area contributed by atoms with E-state index in [4.69, 9.17) is 4.74 Å². The van der Waals surface area contributed by atoms with Crippen molar-refractivity contribution < 1.29 is 14.3 Å². The average molecular weight is 326 g/mol. The number of hydrogen-bond donors (Lipinski definition) is 2. The third-order valence-corrected chi connectivity index (χ3v) is 3.46. The van der Waals surface area contributed by atoms with Crippen LogP contribution in [0, 0.1) is 0 Å². The minimum atomic E-state index is -0.134. The summed E-state index contributed by atoms with van der Waals surface area (Å²) >= 11 is 0. The Morgan fingerprint density at radius 2 is 1.62 bits per heavy atom. The van der Waals surface area contributed by atoms with Crippen molar-refractivity contribution in [3.05, 3.63) is 60.2 Å². The summed E-state index contributed by atoms with van der Waals surface area (Å²) in [6.45, 7) is 3.70. The van der Waals surface area contributed by atoms with Gasteiger partial charge in [0.1, 0.15) is 11.5 Å². The zero-order valence-corrected chi connectivity index (χ0v) is 13.9. The summed E-state index contributed by atoms with van der Waals surface area (Å²) in [7, 11) is 0. The van der Waals surface area contributed by atoms with Crippen LogP contribution in [-0.2, 0) is 9.59 Å². The average Bonchev–Trinajstić information content (AvgIpc) is 2.56. The van der Waals surface area contributed by atoms with Gasteiger partial charge in [-0.25, -0.2) is 0 Å². The predicted octanol–water partition coefficient (Wildman–Crippen LogP) is 3.18. The third kappa shape index (κ3) is 5.76. The fourth-order valence-electron chi connectivity index (χ4n) is 2.20. The van der Waals surface area contributed by atoms with Crippen molar-refractivity contribution >= 4 is 11.8 Å². The van der Waals surface area contributed by atoms with Crippen molar-refractivity contribution in [1.29, 1.82) is 0 Å². The highest BCUT2D eigenvalue weighted by Crippen LogP contribution is 2.23. The molecule has 2 amide bonds. The summed E-state index contributed by atoms with van der Waals surface area (Å²) in [6.07, 6.45) is 0.263. The monoisotopic (exact) mass is 326 g/mol. The van der Waals surface area contributed by atoms with Crippen LogP contribution in [0.2, 0.25) is 0 Å². The molecule has 5 nitrogen and oxygen atoms in total. The van der Waals surface area contributed by atoms with Gasteiger partial charge in [-0.15, -0.1) is 0 Å². The zero-order valence-electron chi connectivity index (χ0n) is 13.9. The van der Waals surface area contributed by atoms with E-state index in [1.807, 2.05) is 61.5 Å². The number of carbonyl (C=O) groups is 2. The first kappa shape index (κ1) is 17.5. The molecule has 126 valence electrons. The van der Waals surface area contributed by atoms with Crippen molar-refractivity contribution in [2.24, 2.45) is 0 Å². The summed E-state index contributed by atoms with van der Waals surface area (Å²) in [5.41, 5.74) is 0.989. The summed E-state index contributed by atoms with van der Waals surface area (Å²) < 4.78 is 5.74. The Labute approximate surface area is 142 Å². The standard InChI is InChI=1S/C19H22N2O3/c1-14(21-19(23)12-13-20-15(2)22)16-8-10-18(11-9-16)24-17-6-4-3-5-7-17/h3-11,14H,12-13H2,1-2H3,(H,20,22)(H,21,23)/t14-/m0/s1. The molecule has 2 rings (SSSR count). The molecule has 2 aromatic rings. The fraction of sp³-hybridized carbons (Fsp3) is 0.263. The van der Waals surface area contributed by atoms with E-state index in [2.05, 4.69) is 10.6 Å². The molecule has 0 radical (unpaired) electrons. The molecular formula is C19H22N2O3. The minimum Gasteiger partial charge on any atom is -0.457 e. The summed E-state index contributed by atoms with van der Waals surface area (Å²) in [5.74, 6) is 1.30. The Balaban J connectivity index is 1.85. The van der Waals surface area contributed by atoms with Gasteiger partial charge < -0.3 is 15.4 Å². The van der Waals surface area contributed by atoms with Crippen molar-refractivity contribution in [3.8, 4) is 11.5 Å². The van der Waals surface area contributed by atoms with Gasteiger partial charge in [-0.3, -0.25) is 9.59 Å². The van der Waals surface area contributed by atoms with Gasteiger partial charge in [-0.2, -0.15) is 0 Å². The Hall–Kier alpha value is -2.82. The molecule has 0 saturated heterocycles. The molecule has 1 atom stereocenters. The van der Waals surface area contributed by atoms with E-state index in [1.165, 1.54) is 6.92 Å². The van der Waals surface area contributed by atoms with Gasteiger partial charge in [-0.1, -0.05) is 30.3 Å². The molecule has 0 aliphatic heterocycles. The maximum Gasteiger partial charge on any atom is 0.222 e. The highest BCUT2D eigenvalue weighted by molar-refractivity contribution is 5.78. The van der Waals surface area contributed by atoms with E-state index in [0.717, 1.165) is 17.1 Å². The first-order chi connectivity index (χ1) is 11.5. The normalized spacial score (nSPS) is 11.4. The maximum atomic E-state index is 11.8. The minimum absolute atomic E-state index is 0.0964. The van der Waals surface area contributed by atoms with Crippen LogP contribution in [0.15, 0.2) is 54.6 Å². The van der Waals surface area contributed by atoms with Gasteiger partial charge in [0, 0.05) is 19.9 Å². The quantitative estimate of drug-likeness (QED) is 0.821. The number of benzene rings is 2. The van der Waals surface area contributed by atoms with Gasteiger partial charge in [-0.05, 0) is 36.8 Å². The fourth-order valence-corrected chi connectivity index (χ4v) is 2.20. The predicted molar refractivity (Wildman–Crippen MR) is 92.8 cm³/mol. The van der Waals surface area contributed by atoms with Crippen LogP contribution < -0.4 is 15.4 Å². The Morgan fingerprint density at radius 1 is 1.00 bits per heavy atom.